The van der Waals surface area contributed by atoms with Gasteiger partial charge in [0.25, 0.3) is 0 Å². The van der Waals surface area contributed by atoms with Gasteiger partial charge in [0.2, 0.25) is 5.95 Å². The molecule has 0 spiro atoms. The minimum atomic E-state index is 0.587. The number of aryl methyl sites for hydroxylation is 2. The minimum absolute atomic E-state index is 0.587. The molecule has 1 aliphatic carbocycles. The van der Waals surface area contributed by atoms with E-state index in [0.29, 0.717) is 19.0 Å². The van der Waals surface area contributed by atoms with Crippen LogP contribution in [0, 0.1) is 0 Å². The molecular formula is C12H14N4S. The highest BCUT2D eigenvalue weighted by molar-refractivity contribution is 7.10. The predicted molar refractivity (Wildman–Crippen MR) is 70.3 cm³/mol. The molecule has 3 rings (SSSR count). The minimum Gasteiger partial charge on any atom is -0.353 e. The summed E-state index contributed by atoms with van der Waals surface area (Å²) in [5, 5.41) is 5.26. The second-order valence-corrected chi connectivity index (χ2v) is 5.04. The fourth-order valence-electron chi connectivity index (χ4n) is 2.09. The summed E-state index contributed by atoms with van der Waals surface area (Å²) in [6.45, 7) is 1.29. The van der Waals surface area contributed by atoms with Gasteiger partial charge in [0.1, 0.15) is 0 Å². The van der Waals surface area contributed by atoms with Crippen molar-refractivity contribution in [2.75, 3.05) is 18.4 Å². The van der Waals surface area contributed by atoms with Gasteiger partial charge in [-0.05, 0) is 29.9 Å². The van der Waals surface area contributed by atoms with Gasteiger partial charge in [0, 0.05) is 29.7 Å². The van der Waals surface area contributed by atoms with Gasteiger partial charge in [-0.15, -0.1) is 11.3 Å². The van der Waals surface area contributed by atoms with Gasteiger partial charge in [-0.3, -0.25) is 0 Å². The van der Waals surface area contributed by atoms with Crippen LogP contribution in [0.1, 0.15) is 10.4 Å². The highest BCUT2D eigenvalue weighted by Gasteiger charge is 2.19. The zero-order valence-corrected chi connectivity index (χ0v) is 10.3. The molecule has 0 fully saturated rings. The monoisotopic (exact) mass is 246 g/mol. The number of nitrogens with zero attached hydrogens (tertiary/aromatic N) is 2. The Labute approximate surface area is 104 Å². The number of nitrogens with two attached hydrogens (primary N) is 1. The SMILES string of the molecule is NCCNc1ncc2c(n1)-c1ccsc1CC2. The lowest BCUT2D eigenvalue weighted by molar-refractivity contribution is 0.919. The largest absolute Gasteiger partial charge is 0.353 e. The molecular weight excluding hydrogens is 232 g/mol. The van der Waals surface area contributed by atoms with Crippen molar-refractivity contribution in [2.45, 2.75) is 12.8 Å². The fraction of sp³-hybridized carbons (Fsp3) is 0.333. The van der Waals surface area contributed by atoms with Gasteiger partial charge < -0.3 is 11.1 Å². The number of thiophene rings is 1. The van der Waals surface area contributed by atoms with Gasteiger partial charge in [0.15, 0.2) is 0 Å². The first kappa shape index (κ1) is 10.7. The van der Waals surface area contributed by atoms with Crippen LogP contribution in [0.5, 0.6) is 0 Å². The van der Waals surface area contributed by atoms with Crippen LogP contribution in [0.15, 0.2) is 17.6 Å². The first-order chi connectivity index (χ1) is 8.38. The van der Waals surface area contributed by atoms with Crippen molar-refractivity contribution in [3.8, 4) is 11.3 Å². The van der Waals surface area contributed by atoms with Crippen molar-refractivity contribution in [1.29, 1.82) is 0 Å². The topological polar surface area (TPSA) is 63.8 Å². The maximum Gasteiger partial charge on any atom is 0.223 e. The standard InChI is InChI=1S/C12H14N4S/c13-4-5-14-12-15-7-8-1-2-10-9(3-6-17-10)11(8)16-12/h3,6-7H,1-2,4-5,13H2,(H,14,15,16). The Hall–Kier alpha value is -1.46. The normalized spacial score (nSPS) is 13.0. The summed E-state index contributed by atoms with van der Waals surface area (Å²) in [7, 11) is 0. The lowest BCUT2D eigenvalue weighted by Gasteiger charge is -2.15. The van der Waals surface area contributed by atoms with Gasteiger partial charge >= 0.3 is 0 Å². The van der Waals surface area contributed by atoms with E-state index in [2.05, 4.69) is 26.7 Å². The molecule has 0 radical (unpaired) electrons. The average molecular weight is 246 g/mol. The van der Waals surface area contributed by atoms with E-state index in [1.165, 1.54) is 16.0 Å². The number of rotatable bonds is 3. The number of fused-ring (bicyclic) bond motifs is 3. The van der Waals surface area contributed by atoms with E-state index in [0.717, 1.165) is 18.5 Å². The molecule has 3 N–H and O–H groups in total. The van der Waals surface area contributed by atoms with Crippen LogP contribution in [0.2, 0.25) is 0 Å². The molecule has 2 aromatic heterocycles. The summed E-state index contributed by atoms with van der Waals surface area (Å²) in [5.74, 6) is 0.674. The molecule has 1 aliphatic rings. The third-order valence-corrected chi connectivity index (χ3v) is 3.89. The van der Waals surface area contributed by atoms with Crippen LogP contribution < -0.4 is 11.1 Å². The van der Waals surface area contributed by atoms with E-state index in [1.807, 2.05) is 17.5 Å². The predicted octanol–water partition coefficient (Wildman–Crippen LogP) is 1.67. The number of hydrogen-bond acceptors (Lipinski definition) is 5. The van der Waals surface area contributed by atoms with Crippen molar-refractivity contribution >= 4 is 17.3 Å². The van der Waals surface area contributed by atoms with Crippen molar-refractivity contribution in [2.24, 2.45) is 5.73 Å². The lowest BCUT2D eigenvalue weighted by atomic mass is 9.97. The molecule has 2 aromatic rings. The third-order valence-electron chi connectivity index (χ3n) is 2.91. The van der Waals surface area contributed by atoms with E-state index < -0.39 is 0 Å². The second kappa shape index (κ2) is 4.43. The summed E-state index contributed by atoms with van der Waals surface area (Å²) in [6.07, 6.45) is 4.08. The molecule has 4 nitrogen and oxygen atoms in total. The molecule has 0 amide bonds. The summed E-state index contributed by atoms with van der Waals surface area (Å²) < 4.78 is 0. The molecule has 5 heteroatoms. The molecule has 0 aliphatic heterocycles. The molecule has 0 aromatic carbocycles. The first-order valence-electron chi connectivity index (χ1n) is 5.75. The fourth-order valence-corrected chi connectivity index (χ4v) is 2.97. The van der Waals surface area contributed by atoms with Gasteiger partial charge in [0.05, 0.1) is 5.69 Å². The Kier molecular flexibility index (Phi) is 2.78. The quantitative estimate of drug-likeness (QED) is 0.864. The number of aromatic nitrogens is 2. The van der Waals surface area contributed by atoms with Crippen LogP contribution in [0.25, 0.3) is 11.3 Å². The molecule has 17 heavy (non-hydrogen) atoms. The average Bonchev–Trinajstić information content (AvgIpc) is 2.84. The number of hydrogen-bond donors (Lipinski definition) is 2. The molecule has 2 heterocycles. The van der Waals surface area contributed by atoms with Gasteiger partial charge in [-0.25, -0.2) is 9.97 Å². The molecule has 0 saturated heterocycles. The second-order valence-electron chi connectivity index (χ2n) is 4.04. The third kappa shape index (κ3) is 1.92. The lowest BCUT2D eigenvalue weighted by Crippen LogP contribution is -2.15. The maximum absolute atomic E-state index is 5.46. The van der Waals surface area contributed by atoms with E-state index >= 15 is 0 Å². The van der Waals surface area contributed by atoms with Crippen LogP contribution in [-0.4, -0.2) is 23.1 Å². The molecule has 0 atom stereocenters. The Balaban J connectivity index is 1.99. The van der Waals surface area contributed by atoms with E-state index in [4.69, 9.17) is 5.73 Å². The van der Waals surface area contributed by atoms with E-state index in [1.54, 1.807) is 0 Å². The van der Waals surface area contributed by atoms with Crippen molar-refractivity contribution < 1.29 is 0 Å². The number of anilines is 1. The van der Waals surface area contributed by atoms with Gasteiger partial charge in [-0.1, -0.05) is 0 Å². The maximum atomic E-state index is 5.46. The highest BCUT2D eigenvalue weighted by atomic mass is 32.1. The smallest absolute Gasteiger partial charge is 0.223 e. The number of nitrogens with one attached hydrogen (secondary N) is 1. The Morgan fingerprint density at radius 1 is 1.41 bits per heavy atom. The molecule has 0 saturated carbocycles. The first-order valence-corrected chi connectivity index (χ1v) is 6.63. The summed E-state index contributed by atoms with van der Waals surface area (Å²) in [4.78, 5) is 10.3. The Morgan fingerprint density at radius 3 is 3.24 bits per heavy atom. The highest BCUT2D eigenvalue weighted by Crippen LogP contribution is 2.35. The van der Waals surface area contributed by atoms with Crippen molar-refractivity contribution in [3.63, 3.8) is 0 Å². The van der Waals surface area contributed by atoms with E-state index in [-0.39, 0.29) is 0 Å². The molecule has 0 bridgehead atoms. The van der Waals surface area contributed by atoms with Crippen LogP contribution in [-0.2, 0) is 12.8 Å². The van der Waals surface area contributed by atoms with Crippen molar-refractivity contribution in [1.82, 2.24) is 9.97 Å². The molecule has 0 unspecified atom stereocenters. The zero-order chi connectivity index (χ0) is 11.7. The summed E-state index contributed by atoms with van der Waals surface area (Å²) in [5.41, 5.74) is 9.06. The Morgan fingerprint density at radius 2 is 2.35 bits per heavy atom. The summed E-state index contributed by atoms with van der Waals surface area (Å²) >= 11 is 1.81. The van der Waals surface area contributed by atoms with E-state index in [9.17, 15) is 0 Å². The summed E-state index contributed by atoms with van der Waals surface area (Å²) in [6, 6.07) is 2.15. The van der Waals surface area contributed by atoms with Crippen LogP contribution in [0.3, 0.4) is 0 Å². The van der Waals surface area contributed by atoms with Crippen molar-refractivity contribution in [3.05, 3.63) is 28.1 Å². The van der Waals surface area contributed by atoms with Crippen LogP contribution >= 0.6 is 11.3 Å². The Bertz CT molecular complexity index is 535. The van der Waals surface area contributed by atoms with Gasteiger partial charge in [-0.2, -0.15) is 0 Å². The molecule has 88 valence electrons. The van der Waals surface area contributed by atoms with Crippen LogP contribution in [0.4, 0.5) is 5.95 Å². The zero-order valence-electron chi connectivity index (χ0n) is 9.44.